The third kappa shape index (κ3) is 2.96. The van der Waals surface area contributed by atoms with Crippen molar-refractivity contribution in [2.75, 3.05) is 0 Å². The van der Waals surface area contributed by atoms with Gasteiger partial charge in [-0.05, 0) is 53.2 Å². The lowest BCUT2D eigenvalue weighted by Gasteiger charge is -2.13. The molecule has 0 bridgehead atoms. The lowest BCUT2D eigenvalue weighted by Crippen LogP contribution is -2.42. The van der Waals surface area contributed by atoms with Crippen LogP contribution in [0.5, 0.6) is 0 Å². The van der Waals surface area contributed by atoms with Crippen LogP contribution in [0, 0.1) is 0 Å². The van der Waals surface area contributed by atoms with E-state index in [9.17, 15) is 9.59 Å². The van der Waals surface area contributed by atoms with E-state index in [0.717, 1.165) is 29.3 Å². The number of halogens is 1. The van der Waals surface area contributed by atoms with Crippen LogP contribution in [-0.2, 0) is 19.9 Å². The summed E-state index contributed by atoms with van der Waals surface area (Å²) in [7, 11) is 1.77. The number of rotatable bonds is 2. The molecule has 2 heterocycles. The van der Waals surface area contributed by atoms with Crippen LogP contribution in [0.15, 0.2) is 22.1 Å². The summed E-state index contributed by atoms with van der Waals surface area (Å²) in [4.78, 5) is 25.6. The summed E-state index contributed by atoms with van der Waals surface area (Å²) in [6, 6.07) is 1.70. The van der Waals surface area contributed by atoms with Crippen molar-refractivity contribution in [2.45, 2.75) is 25.7 Å². The second kappa shape index (κ2) is 6.26. The van der Waals surface area contributed by atoms with Crippen molar-refractivity contribution in [1.29, 1.82) is 0 Å². The maximum absolute atomic E-state index is 12.3. The number of carbonyl (C=O) groups excluding carboxylic acids is 2. The molecule has 2 aromatic heterocycles. The second-order valence-corrected chi connectivity index (χ2v) is 7.20. The first-order chi connectivity index (χ1) is 10.6. The molecular formula is C15H16BrN3O2S. The van der Waals surface area contributed by atoms with Gasteiger partial charge in [-0.1, -0.05) is 0 Å². The van der Waals surface area contributed by atoms with Crippen molar-refractivity contribution in [3.8, 4) is 0 Å². The van der Waals surface area contributed by atoms with Gasteiger partial charge in [0.05, 0.1) is 5.56 Å². The maximum atomic E-state index is 12.3. The Morgan fingerprint density at radius 2 is 1.95 bits per heavy atom. The Hall–Kier alpha value is -1.60. The number of carbonyl (C=O) groups is 2. The number of thiophene rings is 1. The lowest BCUT2D eigenvalue weighted by molar-refractivity contribution is 0.0841. The Morgan fingerprint density at radius 3 is 2.68 bits per heavy atom. The van der Waals surface area contributed by atoms with Gasteiger partial charge in [0.25, 0.3) is 11.8 Å². The van der Waals surface area contributed by atoms with E-state index in [1.807, 2.05) is 5.38 Å². The Morgan fingerprint density at radius 1 is 1.23 bits per heavy atom. The zero-order valence-electron chi connectivity index (χ0n) is 12.1. The third-order valence-electron chi connectivity index (χ3n) is 3.80. The van der Waals surface area contributed by atoms with Crippen molar-refractivity contribution in [3.63, 3.8) is 0 Å². The highest BCUT2D eigenvalue weighted by atomic mass is 79.9. The maximum Gasteiger partial charge on any atom is 0.286 e. The molecule has 2 amide bonds. The summed E-state index contributed by atoms with van der Waals surface area (Å²) in [5.74, 6) is -0.591. The first-order valence-corrected chi connectivity index (χ1v) is 8.75. The van der Waals surface area contributed by atoms with E-state index in [2.05, 4.69) is 26.8 Å². The van der Waals surface area contributed by atoms with Gasteiger partial charge in [-0.2, -0.15) is 0 Å². The van der Waals surface area contributed by atoms with E-state index in [-0.39, 0.29) is 11.8 Å². The van der Waals surface area contributed by atoms with E-state index in [0.29, 0.717) is 11.3 Å². The Balaban J connectivity index is 1.66. The summed E-state index contributed by atoms with van der Waals surface area (Å²) >= 11 is 4.95. The summed E-state index contributed by atoms with van der Waals surface area (Å²) in [5.41, 5.74) is 7.28. The summed E-state index contributed by atoms with van der Waals surface area (Å²) in [5, 5.41) is 1.89. The monoisotopic (exact) mass is 381 g/mol. The lowest BCUT2D eigenvalue weighted by atomic mass is 9.96. The van der Waals surface area contributed by atoms with Crippen molar-refractivity contribution < 1.29 is 9.59 Å². The highest BCUT2D eigenvalue weighted by Gasteiger charge is 2.20. The van der Waals surface area contributed by atoms with Crippen molar-refractivity contribution in [3.05, 3.63) is 43.8 Å². The molecular weight excluding hydrogens is 366 g/mol. The number of hydrogen-bond acceptors (Lipinski definition) is 3. The van der Waals surface area contributed by atoms with Gasteiger partial charge in [0, 0.05) is 28.0 Å². The molecule has 0 saturated carbocycles. The van der Waals surface area contributed by atoms with Gasteiger partial charge in [0.2, 0.25) is 0 Å². The highest BCUT2D eigenvalue weighted by molar-refractivity contribution is 9.10. The van der Waals surface area contributed by atoms with Gasteiger partial charge in [0.15, 0.2) is 0 Å². The number of aromatic nitrogens is 1. The first kappa shape index (κ1) is 15.3. The van der Waals surface area contributed by atoms with Crippen LogP contribution in [0.4, 0.5) is 0 Å². The molecule has 3 rings (SSSR count). The zero-order chi connectivity index (χ0) is 15.7. The molecule has 0 atom stereocenters. The number of hydrazine groups is 1. The quantitative estimate of drug-likeness (QED) is 0.785. The smallest absolute Gasteiger partial charge is 0.286 e. The molecule has 7 heteroatoms. The minimum Gasteiger partial charge on any atom is -0.345 e. The first-order valence-electron chi connectivity index (χ1n) is 7.08. The van der Waals surface area contributed by atoms with Gasteiger partial charge in [-0.3, -0.25) is 20.4 Å². The standard InChI is InChI=1S/C15H16BrN3O2S/c1-19-7-9(16)6-12(19)15(21)18-17-14(20)11-8-22-13-5-3-2-4-10(11)13/h6-8H,2-5H2,1H3,(H,17,20)(H,18,21). The molecule has 0 aromatic carbocycles. The molecule has 116 valence electrons. The van der Waals surface area contributed by atoms with E-state index in [1.165, 1.54) is 11.3 Å². The van der Waals surface area contributed by atoms with Crippen LogP contribution in [0.2, 0.25) is 0 Å². The van der Waals surface area contributed by atoms with Crippen LogP contribution in [0.3, 0.4) is 0 Å². The summed E-state index contributed by atoms with van der Waals surface area (Å²) in [6.07, 6.45) is 6.09. The minimum atomic E-state index is -0.342. The summed E-state index contributed by atoms with van der Waals surface area (Å²) < 4.78 is 2.51. The van der Waals surface area contributed by atoms with Crippen LogP contribution >= 0.6 is 27.3 Å². The van der Waals surface area contributed by atoms with Gasteiger partial charge < -0.3 is 4.57 Å². The Kier molecular flexibility index (Phi) is 4.35. The van der Waals surface area contributed by atoms with Crippen LogP contribution < -0.4 is 10.9 Å². The Bertz CT molecular complexity index is 735. The molecule has 1 aliphatic carbocycles. The fourth-order valence-electron chi connectivity index (χ4n) is 2.68. The molecule has 0 unspecified atom stereocenters. The van der Waals surface area contributed by atoms with Gasteiger partial charge >= 0.3 is 0 Å². The number of nitrogens with zero attached hydrogens (tertiary/aromatic N) is 1. The predicted octanol–water partition coefficient (Wildman–Crippen LogP) is 2.80. The van der Waals surface area contributed by atoms with Gasteiger partial charge in [-0.15, -0.1) is 11.3 Å². The topological polar surface area (TPSA) is 63.1 Å². The molecule has 0 saturated heterocycles. The van der Waals surface area contributed by atoms with Crippen LogP contribution in [-0.4, -0.2) is 16.4 Å². The zero-order valence-corrected chi connectivity index (χ0v) is 14.5. The van der Waals surface area contributed by atoms with Crippen molar-refractivity contribution >= 4 is 39.1 Å². The Labute approximate surface area is 140 Å². The number of fused-ring (bicyclic) bond motifs is 1. The highest BCUT2D eigenvalue weighted by Crippen LogP contribution is 2.30. The molecule has 2 aromatic rings. The number of hydrogen-bond donors (Lipinski definition) is 2. The third-order valence-corrected chi connectivity index (χ3v) is 5.32. The SMILES string of the molecule is Cn1cc(Br)cc1C(=O)NNC(=O)c1csc2c1CCCC2. The van der Waals surface area contributed by atoms with E-state index in [1.54, 1.807) is 35.2 Å². The van der Waals surface area contributed by atoms with Crippen molar-refractivity contribution in [1.82, 2.24) is 15.4 Å². The van der Waals surface area contributed by atoms with E-state index >= 15 is 0 Å². The second-order valence-electron chi connectivity index (χ2n) is 5.32. The van der Waals surface area contributed by atoms with E-state index < -0.39 is 0 Å². The average Bonchev–Trinajstić information content (AvgIpc) is 3.07. The molecule has 0 spiro atoms. The minimum absolute atomic E-state index is 0.249. The van der Waals surface area contributed by atoms with Crippen LogP contribution in [0.25, 0.3) is 0 Å². The van der Waals surface area contributed by atoms with Crippen LogP contribution in [0.1, 0.15) is 44.1 Å². The number of amides is 2. The molecule has 0 radical (unpaired) electrons. The normalized spacial score (nSPS) is 13.5. The number of nitrogens with one attached hydrogen (secondary N) is 2. The largest absolute Gasteiger partial charge is 0.345 e. The summed E-state index contributed by atoms with van der Waals surface area (Å²) in [6.45, 7) is 0. The fourth-order valence-corrected chi connectivity index (χ4v) is 4.33. The average molecular weight is 382 g/mol. The van der Waals surface area contributed by atoms with E-state index in [4.69, 9.17) is 0 Å². The van der Waals surface area contributed by atoms with Crippen molar-refractivity contribution in [2.24, 2.45) is 7.05 Å². The molecule has 1 aliphatic rings. The number of aryl methyl sites for hydroxylation is 2. The molecule has 5 nitrogen and oxygen atoms in total. The molecule has 0 aliphatic heterocycles. The predicted molar refractivity (Wildman–Crippen MR) is 89.0 cm³/mol. The molecule has 0 fully saturated rings. The molecule has 2 N–H and O–H groups in total. The fraction of sp³-hybridized carbons (Fsp3) is 0.333. The molecule has 22 heavy (non-hydrogen) atoms. The van der Waals surface area contributed by atoms with Gasteiger partial charge in [-0.25, -0.2) is 0 Å². The van der Waals surface area contributed by atoms with Gasteiger partial charge in [0.1, 0.15) is 5.69 Å².